The first-order chi connectivity index (χ1) is 10.9. The highest BCUT2D eigenvalue weighted by Crippen LogP contribution is 2.26. The third kappa shape index (κ3) is 2.56. The standard InChI is InChI=1S/C16H12N4OS/c1-2-4-12(5-3-1)21-9-15-19-20-16(22-15)11-6-7-13-14(8-11)18-10-17-13/h1-8,10H,9H2,(H,17,18). The molecule has 22 heavy (non-hydrogen) atoms. The lowest BCUT2D eigenvalue weighted by Crippen LogP contribution is -1.94. The van der Waals surface area contributed by atoms with E-state index in [4.69, 9.17) is 4.74 Å². The Morgan fingerprint density at radius 2 is 1.95 bits per heavy atom. The first kappa shape index (κ1) is 13.0. The number of hydrogen-bond donors (Lipinski definition) is 1. The van der Waals surface area contributed by atoms with Crippen molar-refractivity contribution in [1.29, 1.82) is 0 Å². The molecule has 0 bridgehead atoms. The lowest BCUT2D eigenvalue weighted by Gasteiger charge is -2.01. The van der Waals surface area contributed by atoms with Crippen molar-refractivity contribution in [3.63, 3.8) is 0 Å². The number of H-pyrrole nitrogens is 1. The normalized spacial score (nSPS) is 10.9. The molecule has 0 saturated carbocycles. The number of benzene rings is 2. The van der Waals surface area contributed by atoms with Crippen LogP contribution in [-0.4, -0.2) is 20.2 Å². The molecule has 0 amide bonds. The quantitative estimate of drug-likeness (QED) is 0.625. The summed E-state index contributed by atoms with van der Waals surface area (Å²) in [6.45, 7) is 0.425. The van der Waals surface area contributed by atoms with Crippen LogP contribution in [0.5, 0.6) is 5.75 Å². The van der Waals surface area contributed by atoms with Crippen molar-refractivity contribution >= 4 is 22.4 Å². The Balaban J connectivity index is 1.53. The summed E-state index contributed by atoms with van der Waals surface area (Å²) in [6, 6.07) is 15.7. The van der Waals surface area contributed by atoms with Crippen LogP contribution < -0.4 is 4.74 Å². The van der Waals surface area contributed by atoms with Gasteiger partial charge in [-0.25, -0.2) is 4.98 Å². The second-order valence-electron chi connectivity index (χ2n) is 4.74. The Bertz CT molecular complexity index is 901. The fourth-order valence-electron chi connectivity index (χ4n) is 2.16. The first-order valence-corrected chi connectivity index (χ1v) is 7.64. The van der Waals surface area contributed by atoms with E-state index in [1.165, 1.54) is 11.3 Å². The zero-order chi connectivity index (χ0) is 14.8. The van der Waals surface area contributed by atoms with Gasteiger partial charge in [0.15, 0.2) is 5.01 Å². The van der Waals surface area contributed by atoms with Gasteiger partial charge in [-0.05, 0) is 30.3 Å². The molecule has 4 rings (SSSR count). The van der Waals surface area contributed by atoms with Gasteiger partial charge < -0.3 is 9.72 Å². The van der Waals surface area contributed by atoms with Crippen LogP contribution in [0.15, 0.2) is 54.9 Å². The average molecular weight is 308 g/mol. The molecule has 0 fully saturated rings. The third-order valence-corrected chi connectivity index (χ3v) is 4.19. The van der Waals surface area contributed by atoms with Crippen LogP contribution in [0.3, 0.4) is 0 Å². The highest BCUT2D eigenvalue weighted by molar-refractivity contribution is 7.14. The van der Waals surface area contributed by atoms with E-state index in [2.05, 4.69) is 20.2 Å². The summed E-state index contributed by atoms with van der Waals surface area (Å²) >= 11 is 1.53. The van der Waals surface area contributed by atoms with Gasteiger partial charge in [-0.2, -0.15) is 0 Å². The molecule has 6 heteroatoms. The van der Waals surface area contributed by atoms with Crippen LogP contribution in [0.4, 0.5) is 0 Å². The van der Waals surface area contributed by atoms with E-state index in [0.717, 1.165) is 32.4 Å². The minimum absolute atomic E-state index is 0.425. The number of para-hydroxylation sites is 1. The molecule has 108 valence electrons. The van der Waals surface area contributed by atoms with E-state index < -0.39 is 0 Å². The SMILES string of the molecule is c1ccc(OCc2nnc(-c3ccc4nc[nH]c4c3)s2)cc1. The van der Waals surface area contributed by atoms with E-state index in [-0.39, 0.29) is 0 Å². The predicted molar refractivity (Wildman–Crippen MR) is 85.8 cm³/mol. The molecule has 4 aromatic rings. The highest BCUT2D eigenvalue weighted by Gasteiger charge is 2.08. The van der Waals surface area contributed by atoms with Crippen LogP contribution >= 0.6 is 11.3 Å². The third-order valence-electron chi connectivity index (χ3n) is 3.24. The second kappa shape index (κ2) is 5.57. The Hall–Kier alpha value is -2.73. The van der Waals surface area contributed by atoms with Crippen molar-refractivity contribution in [1.82, 2.24) is 20.2 Å². The van der Waals surface area contributed by atoms with Crippen molar-refractivity contribution in [3.05, 3.63) is 59.9 Å². The molecule has 0 atom stereocenters. The molecule has 1 N–H and O–H groups in total. The molecule has 5 nitrogen and oxygen atoms in total. The van der Waals surface area contributed by atoms with Gasteiger partial charge in [-0.1, -0.05) is 29.5 Å². The molecule has 0 radical (unpaired) electrons. The molecule has 0 spiro atoms. The lowest BCUT2D eigenvalue weighted by molar-refractivity contribution is 0.304. The smallest absolute Gasteiger partial charge is 0.155 e. The Kier molecular flexibility index (Phi) is 3.29. The molecule has 2 heterocycles. The summed E-state index contributed by atoms with van der Waals surface area (Å²) in [7, 11) is 0. The maximum absolute atomic E-state index is 5.69. The van der Waals surface area contributed by atoms with Gasteiger partial charge in [-0.3, -0.25) is 0 Å². The van der Waals surface area contributed by atoms with Gasteiger partial charge in [0.25, 0.3) is 0 Å². The summed E-state index contributed by atoms with van der Waals surface area (Å²) in [6.07, 6.45) is 1.69. The van der Waals surface area contributed by atoms with Crippen molar-refractivity contribution in [2.24, 2.45) is 0 Å². The number of ether oxygens (including phenoxy) is 1. The van der Waals surface area contributed by atoms with Crippen LogP contribution in [0.1, 0.15) is 5.01 Å². The summed E-state index contributed by atoms with van der Waals surface area (Å²) in [4.78, 5) is 7.32. The van der Waals surface area contributed by atoms with Gasteiger partial charge >= 0.3 is 0 Å². The Morgan fingerprint density at radius 3 is 2.86 bits per heavy atom. The molecule has 0 aliphatic heterocycles. The Morgan fingerprint density at radius 1 is 1.05 bits per heavy atom. The number of aromatic amines is 1. The largest absolute Gasteiger partial charge is 0.486 e. The summed E-state index contributed by atoms with van der Waals surface area (Å²) in [5.74, 6) is 0.832. The predicted octanol–water partition coefficient (Wildman–Crippen LogP) is 3.66. The van der Waals surface area contributed by atoms with Gasteiger partial charge in [0.05, 0.1) is 17.4 Å². The molecule has 2 aromatic carbocycles. The molecule has 0 aliphatic carbocycles. The van der Waals surface area contributed by atoms with Gasteiger partial charge in [0.2, 0.25) is 0 Å². The van der Waals surface area contributed by atoms with Gasteiger partial charge in [-0.15, -0.1) is 10.2 Å². The van der Waals surface area contributed by atoms with Crippen LogP contribution in [0, 0.1) is 0 Å². The number of nitrogens with one attached hydrogen (secondary N) is 1. The van der Waals surface area contributed by atoms with E-state index in [1.807, 2.05) is 48.5 Å². The van der Waals surface area contributed by atoms with Crippen LogP contribution in [0.25, 0.3) is 21.6 Å². The molecule has 0 unspecified atom stereocenters. The number of aromatic nitrogens is 4. The molecule has 0 aliphatic rings. The number of nitrogens with zero attached hydrogens (tertiary/aromatic N) is 3. The monoisotopic (exact) mass is 308 g/mol. The lowest BCUT2D eigenvalue weighted by atomic mass is 10.2. The van der Waals surface area contributed by atoms with Gasteiger partial charge in [0.1, 0.15) is 17.4 Å². The zero-order valence-corrected chi connectivity index (χ0v) is 12.4. The van der Waals surface area contributed by atoms with E-state index in [1.54, 1.807) is 6.33 Å². The number of rotatable bonds is 4. The topological polar surface area (TPSA) is 63.7 Å². The van der Waals surface area contributed by atoms with Crippen molar-refractivity contribution in [2.75, 3.05) is 0 Å². The maximum Gasteiger partial charge on any atom is 0.155 e. The minimum atomic E-state index is 0.425. The summed E-state index contributed by atoms with van der Waals surface area (Å²) in [5.41, 5.74) is 2.97. The second-order valence-corrected chi connectivity index (χ2v) is 5.80. The van der Waals surface area contributed by atoms with Crippen LogP contribution in [-0.2, 0) is 6.61 Å². The summed E-state index contributed by atoms with van der Waals surface area (Å²) in [5, 5.41) is 10.2. The van der Waals surface area contributed by atoms with E-state index >= 15 is 0 Å². The zero-order valence-electron chi connectivity index (χ0n) is 11.6. The molecular weight excluding hydrogens is 296 g/mol. The maximum atomic E-state index is 5.69. The Labute approximate surface area is 130 Å². The van der Waals surface area contributed by atoms with Crippen molar-refractivity contribution in [3.8, 4) is 16.3 Å². The highest BCUT2D eigenvalue weighted by atomic mass is 32.1. The van der Waals surface area contributed by atoms with Crippen molar-refractivity contribution in [2.45, 2.75) is 6.61 Å². The number of hydrogen-bond acceptors (Lipinski definition) is 5. The number of fused-ring (bicyclic) bond motifs is 1. The summed E-state index contributed by atoms with van der Waals surface area (Å²) < 4.78 is 5.69. The average Bonchev–Trinajstić information content (AvgIpc) is 3.22. The molecule has 2 aromatic heterocycles. The van der Waals surface area contributed by atoms with Gasteiger partial charge in [0, 0.05) is 5.56 Å². The molecular formula is C16H12N4OS. The van der Waals surface area contributed by atoms with E-state index in [9.17, 15) is 0 Å². The van der Waals surface area contributed by atoms with Crippen molar-refractivity contribution < 1.29 is 4.74 Å². The first-order valence-electron chi connectivity index (χ1n) is 6.82. The number of imidazole rings is 1. The fraction of sp³-hybridized carbons (Fsp3) is 0.0625. The van der Waals surface area contributed by atoms with E-state index in [0.29, 0.717) is 6.61 Å². The van der Waals surface area contributed by atoms with Crippen LogP contribution in [0.2, 0.25) is 0 Å². The minimum Gasteiger partial charge on any atom is -0.486 e. The molecule has 0 saturated heterocycles. The fourth-order valence-corrected chi connectivity index (χ4v) is 2.91.